The number of sulfonamides is 1. The molecule has 0 aromatic heterocycles. The Bertz CT molecular complexity index is 1870. The predicted molar refractivity (Wildman–Crippen MR) is 177 cm³/mol. The molecule has 3 amide bonds. The molecule has 48 heavy (non-hydrogen) atoms. The van der Waals surface area contributed by atoms with Gasteiger partial charge >= 0.3 is 6.09 Å². The van der Waals surface area contributed by atoms with Crippen LogP contribution >= 0.6 is 11.6 Å². The maximum atomic E-state index is 15.5. The smallest absolute Gasteiger partial charge is 0.409 e. The summed E-state index contributed by atoms with van der Waals surface area (Å²) in [7, 11) is 5.67. The maximum Gasteiger partial charge on any atom is 0.409 e. The Hall–Kier alpha value is -4.53. The quantitative estimate of drug-likeness (QED) is 0.326. The molecule has 1 fully saturated rings. The molecule has 0 bridgehead atoms. The van der Waals surface area contributed by atoms with Crippen molar-refractivity contribution in [3.05, 3.63) is 76.8 Å². The molecule has 2 aliphatic rings. The third kappa shape index (κ3) is 5.57. The average molecular weight is 701 g/mol. The lowest BCUT2D eigenvalue weighted by molar-refractivity contribution is -0.138. The van der Waals surface area contributed by atoms with Crippen molar-refractivity contribution in [3.8, 4) is 17.2 Å². The maximum absolute atomic E-state index is 15.5. The van der Waals surface area contributed by atoms with E-state index in [2.05, 4.69) is 0 Å². The van der Waals surface area contributed by atoms with E-state index in [0.29, 0.717) is 10.1 Å². The SMILES string of the molecule is COc1ccc(S(=O)(=O)N2C(=O)[C@@](c3ccccc3OC)(N3C[C@H](OC(=O)N(C)C)C[C@H]3C(=O)N(C)C)c3cc(Cl)ccc32)c(OC)c1. The molecule has 0 spiro atoms. The van der Waals surface area contributed by atoms with Crippen molar-refractivity contribution in [3.63, 3.8) is 0 Å². The number of rotatable bonds is 9. The third-order valence-electron chi connectivity index (χ3n) is 8.50. The number of likely N-dealkylation sites (N-methyl/N-ethyl adjacent to an activating group) is 1. The predicted octanol–water partition coefficient (Wildman–Crippen LogP) is 3.57. The fourth-order valence-corrected chi connectivity index (χ4v) is 8.12. The van der Waals surface area contributed by atoms with Crippen LogP contribution in [0.15, 0.2) is 65.6 Å². The Labute approximate surface area is 284 Å². The standard InChI is InChI=1S/C33H37ClN4O9S/c1-35(2)30(39)26-17-22(47-32(41)36(3)4)19-37(26)33(23-10-8-9-11-27(23)45-6)24-16-20(34)12-14-25(24)38(31(33)40)48(42,43)29-15-13-21(44-5)18-28(29)46-7/h8-16,18,22,26H,17,19H2,1-7H3/t22-,26+,33+/m1/s1. The summed E-state index contributed by atoms with van der Waals surface area (Å²) in [4.78, 5) is 46.1. The van der Waals surface area contributed by atoms with Gasteiger partial charge in [0.25, 0.3) is 15.9 Å². The normalized spacial score (nSPS) is 20.7. The number of amides is 3. The molecule has 2 heterocycles. The fourth-order valence-electron chi connectivity index (χ4n) is 6.34. The number of likely N-dealkylation sites (tertiary alicyclic amines) is 1. The van der Waals surface area contributed by atoms with Crippen molar-refractivity contribution in [2.45, 2.75) is 29.0 Å². The largest absolute Gasteiger partial charge is 0.497 e. The van der Waals surface area contributed by atoms with Gasteiger partial charge in [0, 0.05) is 63.4 Å². The number of anilines is 1. The van der Waals surface area contributed by atoms with Gasteiger partial charge in [0.2, 0.25) is 5.91 Å². The van der Waals surface area contributed by atoms with Gasteiger partial charge in [-0.2, -0.15) is 0 Å². The van der Waals surface area contributed by atoms with E-state index in [1.807, 2.05) is 0 Å². The van der Waals surface area contributed by atoms with Crippen molar-refractivity contribution >= 4 is 45.2 Å². The first kappa shape index (κ1) is 34.8. The number of carbonyl (C=O) groups excluding carboxylic acids is 3. The van der Waals surface area contributed by atoms with Crippen LogP contribution in [0.25, 0.3) is 0 Å². The number of carbonyl (C=O) groups is 3. The first-order valence-corrected chi connectivity index (χ1v) is 16.7. The van der Waals surface area contributed by atoms with Crippen molar-refractivity contribution in [2.75, 3.05) is 60.4 Å². The summed E-state index contributed by atoms with van der Waals surface area (Å²) < 4.78 is 52.4. The van der Waals surface area contributed by atoms with E-state index in [4.69, 9.17) is 30.5 Å². The molecule has 1 saturated heterocycles. The molecule has 0 radical (unpaired) electrons. The molecule has 0 aliphatic carbocycles. The Balaban J connectivity index is 1.84. The van der Waals surface area contributed by atoms with E-state index in [1.165, 1.54) is 81.6 Å². The number of benzene rings is 3. The molecule has 0 saturated carbocycles. The zero-order valence-electron chi connectivity index (χ0n) is 27.6. The molecule has 15 heteroatoms. The van der Waals surface area contributed by atoms with Crippen LogP contribution in [0.5, 0.6) is 17.2 Å². The van der Waals surface area contributed by atoms with Crippen LogP contribution in [0.2, 0.25) is 5.02 Å². The Kier molecular flexibility index (Phi) is 9.55. The lowest BCUT2D eigenvalue weighted by Crippen LogP contribution is -2.59. The fraction of sp³-hybridized carbons (Fsp3) is 0.364. The molecule has 256 valence electrons. The second-order valence-electron chi connectivity index (χ2n) is 11.7. The summed E-state index contributed by atoms with van der Waals surface area (Å²) in [5.74, 6) is -0.761. The number of ether oxygens (including phenoxy) is 4. The van der Waals surface area contributed by atoms with Crippen molar-refractivity contribution in [1.82, 2.24) is 14.7 Å². The number of methoxy groups -OCH3 is 3. The van der Waals surface area contributed by atoms with Gasteiger partial charge in [-0.1, -0.05) is 29.8 Å². The lowest BCUT2D eigenvalue weighted by Gasteiger charge is -2.42. The van der Waals surface area contributed by atoms with Gasteiger partial charge in [-0.25, -0.2) is 17.5 Å². The van der Waals surface area contributed by atoms with Crippen LogP contribution in [-0.4, -0.2) is 109 Å². The second kappa shape index (κ2) is 13.2. The molecule has 3 aromatic rings. The Morgan fingerprint density at radius 2 is 1.56 bits per heavy atom. The van der Waals surface area contributed by atoms with Gasteiger partial charge in [0.15, 0.2) is 5.54 Å². The minimum absolute atomic E-state index is 0.0120. The number of halogens is 1. The molecule has 3 aromatic carbocycles. The van der Waals surface area contributed by atoms with Gasteiger partial charge in [-0.15, -0.1) is 0 Å². The van der Waals surface area contributed by atoms with E-state index in [-0.39, 0.29) is 57.1 Å². The van der Waals surface area contributed by atoms with Gasteiger partial charge in [0.1, 0.15) is 28.2 Å². The third-order valence-corrected chi connectivity index (χ3v) is 10.5. The molecule has 2 aliphatic heterocycles. The molecule has 5 rings (SSSR count). The van der Waals surface area contributed by atoms with Crippen LogP contribution in [0, 0.1) is 0 Å². The Morgan fingerprint density at radius 3 is 2.19 bits per heavy atom. The number of hydrogen-bond donors (Lipinski definition) is 0. The van der Waals surface area contributed by atoms with Gasteiger partial charge in [0.05, 0.1) is 33.1 Å². The van der Waals surface area contributed by atoms with E-state index in [0.717, 1.165) is 0 Å². The molecule has 3 atom stereocenters. The summed E-state index contributed by atoms with van der Waals surface area (Å²) in [6, 6.07) is 14.2. The molecule has 0 N–H and O–H groups in total. The second-order valence-corrected chi connectivity index (χ2v) is 13.9. The first-order chi connectivity index (χ1) is 22.7. The Morgan fingerprint density at radius 1 is 0.875 bits per heavy atom. The number of nitrogens with zero attached hydrogens (tertiary/aromatic N) is 4. The van der Waals surface area contributed by atoms with Gasteiger partial charge in [-0.05, 0) is 36.4 Å². The van der Waals surface area contributed by atoms with Crippen LogP contribution in [0.1, 0.15) is 17.5 Å². The van der Waals surface area contributed by atoms with Gasteiger partial charge < -0.3 is 28.7 Å². The summed E-state index contributed by atoms with van der Waals surface area (Å²) in [6.45, 7) is -0.112. The zero-order chi connectivity index (χ0) is 35.1. The molecular formula is C33H37ClN4O9S. The zero-order valence-corrected chi connectivity index (χ0v) is 29.2. The van der Waals surface area contributed by atoms with E-state index in [1.54, 1.807) is 43.3 Å². The first-order valence-electron chi connectivity index (χ1n) is 14.8. The summed E-state index contributed by atoms with van der Waals surface area (Å²) >= 11 is 6.59. The molecular weight excluding hydrogens is 664 g/mol. The summed E-state index contributed by atoms with van der Waals surface area (Å²) in [5.41, 5.74) is -1.54. The topological polar surface area (TPSA) is 135 Å². The number of para-hydroxylation sites is 1. The minimum atomic E-state index is -4.70. The lowest BCUT2D eigenvalue weighted by atomic mass is 9.80. The summed E-state index contributed by atoms with van der Waals surface area (Å²) in [6.07, 6.45) is -1.46. The molecule has 13 nitrogen and oxygen atoms in total. The van der Waals surface area contributed by atoms with Crippen molar-refractivity contribution < 1.29 is 41.7 Å². The van der Waals surface area contributed by atoms with Crippen molar-refractivity contribution in [2.24, 2.45) is 0 Å². The summed E-state index contributed by atoms with van der Waals surface area (Å²) in [5, 5.41) is 0.215. The van der Waals surface area contributed by atoms with E-state index < -0.39 is 39.7 Å². The van der Waals surface area contributed by atoms with Crippen LogP contribution < -0.4 is 18.5 Å². The highest BCUT2D eigenvalue weighted by atomic mass is 35.5. The monoisotopic (exact) mass is 700 g/mol. The number of fused-ring (bicyclic) bond motifs is 1. The number of hydrogen-bond acceptors (Lipinski definition) is 10. The van der Waals surface area contributed by atoms with Crippen LogP contribution in [0.4, 0.5) is 10.5 Å². The highest BCUT2D eigenvalue weighted by Gasteiger charge is 2.64. The van der Waals surface area contributed by atoms with Crippen molar-refractivity contribution in [1.29, 1.82) is 0 Å². The van der Waals surface area contributed by atoms with Crippen LogP contribution in [-0.2, 0) is 29.9 Å². The van der Waals surface area contributed by atoms with Crippen LogP contribution in [0.3, 0.4) is 0 Å². The van der Waals surface area contributed by atoms with Gasteiger partial charge in [-0.3, -0.25) is 14.5 Å². The highest BCUT2D eigenvalue weighted by molar-refractivity contribution is 7.93. The van der Waals surface area contributed by atoms with E-state index in [9.17, 15) is 18.0 Å². The highest BCUT2D eigenvalue weighted by Crippen LogP contribution is 2.55. The molecule has 0 unspecified atom stereocenters. The average Bonchev–Trinajstić information content (AvgIpc) is 3.59. The minimum Gasteiger partial charge on any atom is -0.497 e. The van der Waals surface area contributed by atoms with E-state index >= 15 is 4.79 Å².